The van der Waals surface area contributed by atoms with Crippen LogP contribution in [0.2, 0.25) is 0 Å². The van der Waals surface area contributed by atoms with Crippen LogP contribution >= 0.6 is 0 Å². The van der Waals surface area contributed by atoms with Gasteiger partial charge in [-0.25, -0.2) is 0 Å². The fourth-order valence-corrected chi connectivity index (χ4v) is 2.06. The smallest absolute Gasteiger partial charge is 0.0579 e. The highest BCUT2D eigenvalue weighted by molar-refractivity contribution is 5.53. The Labute approximate surface area is 105 Å². The van der Waals surface area contributed by atoms with Gasteiger partial charge in [-0.1, -0.05) is 31.5 Å². The van der Waals surface area contributed by atoms with E-state index >= 15 is 0 Å². The van der Waals surface area contributed by atoms with E-state index in [2.05, 4.69) is 57.8 Å². The van der Waals surface area contributed by atoms with Crippen molar-refractivity contribution in [1.29, 1.82) is 0 Å². The van der Waals surface area contributed by atoms with E-state index in [1.807, 2.05) is 6.92 Å². The number of hydrogen-bond donors (Lipinski definition) is 1. The highest BCUT2D eigenvalue weighted by atomic mass is 16.3. The maximum atomic E-state index is 9.76. The Kier molecular flexibility index (Phi) is 4.21. The Morgan fingerprint density at radius 1 is 1.29 bits per heavy atom. The molecule has 0 spiro atoms. The summed E-state index contributed by atoms with van der Waals surface area (Å²) in [4.78, 5) is 2.22. The highest BCUT2D eigenvalue weighted by Crippen LogP contribution is 2.26. The fourth-order valence-electron chi connectivity index (χ4n) is 2.06. The van der Waals surface area contributed by atoms with Crippen LogP contribution in [-0.2, 0) is 0 Å². The number of anilines is 1. The van der Waals surface area contributed by atoms with Crippen LogP contribution in [0.15, 0.2) is 18.2 Å². The molecule has 1 N–H and O–H groups in total. The molecule has 0 amide bonds. The van der Waals surface area contributed by atoms with Crippen LogP contribution in [0.25, 0.3) is 0 Å². The van der Waals surface area contributed by atoms with Crippen molar-refractivity contribution in [3.63, 3.8) is 0 Å². The molecule has 17 heavy (non-hydrogen) atoms. The van der Waals surface area contributed by atoms with Crippen molar-refractivity contribution in [2.45, 2.75) is 40.7 Å². The van der Waals surface area contributed by atoms with E-state index in [9.17, 15) is 5.11 Å². The quantitative estimate of drug-likeness (QED) is 0.866. The van der Waals surface area contributed by atoms with Crippen molar-refractivity contribution in [2.24, 2.45) is 5.41 Å². The summed E-state index contributed by atoms with van der Waals surface area (Å²) in [5.74, 6) is 0. The first kappa shape index (κ1) is 14.0. The molecule has 96 valence electrons. The summed E-state index contributed by atoms with van der Waals surface area (Å²) in [6.07, 6.45) is -0.310. The van der Waals surface area contributed by atoms with Crippen LogP contribution in [0.5, 0.6) is 0 Å². The number of aliphatic hydroxyl groups excluding tert-OH is 1. The minimum atomic E-state index is -0.310. The molecular formula is C15H25NO. The second-order valence-electron chi connectivity index (χ2n) is 5.81. The number of hydrogen-bond acceptors (Lipinski definition) is 2. The van der Waals surface area contributed by atoms with Crippen molar-refractivity contribution in [3.05, 3.63) is 29.3 Å². The zero-order valence-electron chi connectivity index (χ0n) is 11.9. The third-order valence-electron chi connectivity index (χ3n) is 3.54. The number of aliphatic hydroxyl groups is 1. The van der Waals surface area contributed by atoms with Crippen molar-refractivity contribution in [2.75, 3.05) is 18.5 Å². The first-order valence-electron chi connectivity index (χ1n) is 6.20. The monoisotopic (exact) mass is 235 g/mol. The predicted octanol–water partition coefficient (Wildman–Crippen LogP) is 3.15. The molecule has 2 nitrogen and oxygen atoms in total. The molecule has 0 aliphatic carbocycles. The van der Waals surface area contributed by atoms with Gasteiger partial charge < -0.3 is 10.0 Å². The number of aryl methyl sites for hydroxylation is 2. The van der Waals surface area contributed by atoms with E-state index < -0.39 is 0 Å². The fraction of sp³-hybridized carbons (Fsp3) is 0.600. The Bertz CT molecular complexity index is 383. The third-order valence-corrected chi connectivity index (χ3v) is 3.54. The molecule has 0 aliphatic heterocycles. The summed E-state index contributed by atoms with van der Waals surface area (Å²) in [5.41, 5.74) is 3.71. The Morgan fingerprint density at radius 3 is 2.35 bits per heavy atom. The summed E-state index contributed by atoms with van der Waals surface area (Å²) >= 11 is 0. The zero-order valence-corrected chi connectivity index (χ0v) is 11.9. The second-order valence-corrected chi connectivity index (χ2v) is 5.81. The second kappa shape index (κ2) is 5.09. The average Bonchev–Trinajstić information content (AvgIpc) is 2.15. The zero-order chi connectivity index (χ0) is 13.2. The number of rotatable bonds is 4. The van der Waals surface area contributed by atoms with Gasteiger partial charge >= 0.3 is 0 Å². The maximum Gasteiger partial charge on any atom is 0.0579 e. The Balaban J connectivity index is 2.87. The lowest BCUT2D eigenvalue weighted by molar-refractivity contribution is 0.0718. The summed E-state index contributed by atoms with van der Waals surface area (Å²) < 4.78 is 0. The van der Waals surface area contributed by atoms with Gasteiger partial charge in [-0.3, -0.25) is 0 Å². The lowest BCUT2D eigenvalue weighted by atomic mass is 9.87. The summed E-state index contributed by atoms with van der Waals surface area (Å²) in [5, 5.41) is 9.76. The van der Waals surface area contributed by atoms with Gasteiger partial charge in [0.1, 0.15) is 0 Å². The SMILES string of the molecule is Cc1ccc(N(C)CC(C)(C)C(C)O)c(C)c1. The van der Waals surface area contributed by atoms with Gasteiger partial charge in [0, 0.05) is 24.7 Å². The van der Waals surface area contributed by atoms with Crippen LogP contribution in [0.4, 0.5) is 5.69 Å². The molecule has 0 aromatic heterocycles. The van der Waals surface area contributed by atoms with Gasteiger partial charge in [-0.2, -0.15) is 0 Å². The van der Waals surface area contributed by atoms with E-state index in [4.69, 9.17) is 0 Å². The van der Waals surface area contributed by atoms with Gasteiger partial charge in [-0.15, -0.1) is 0 Å². The predicted molar refractivity (Wildman–Crippen MR) is 74.6 cm³/mol. The van der Waals surface area contributed by atoms with Crippen molar-refractivity contribution < 1.29 is 5.11 Å². The normalized spacial score (nSPS) is 13.6. The van der Waals surface area contributed by atoms with Gasteiger partial charge in [0.25, 0.3) is 0 Å². The lowest BCUT2D eigenvalue weighted by Gasteiger charge is -2.34. The van der Waals surface area contributed by atoms with E-state index in [-0.39, 0.29) is 11.5 Å². The lowest BCUT2D eigenvalue weighted by Crippen LogP contribution is -2.38. The molecule has 1 atom stereocenters. The average molecular weight is 235 g/mol. The minimum Gasteiger partial charge on any atom is -0.393 e. The Hall–Kier alpha value is -1.02. The molecule has 0 radical (unpaired) electrons. The number of benzene rings is 1. The molecular weight excluding hydrogens is 210 g/mol. The summed E-state index contributed by atoms with van der Waals surface area (Å²) in [6.45, 7) is 11.1. The minimum absolute atomic E-state index is 0.105. The topological polar surface area (TPSA) is 23.5 Å². The van der Waals surface area contributed by atoms with Gasteiger partial charge in [0.15, 0.2) is 0 Å². The molecule has 1 aromatic carbocycles. The third kappa shape index (κ3) is 3.47. The van der Waals surface area contributed by atoms with Crippen molar-refractivity contribution >= 4 is 5.69 Å². The molecule has 2 heteroatoms. The molecule has 0 heterocycles. The molecule has 0 fully saturated rings. The van der Waals surface area contributed by atoms with E-state index in [0.29, 0.717) is 0 Å². The molecule has 1 unspecified atom stereocenters. The summed E-state index contributed by atoms with van der Waals surface area (Å²) in [7, 11) is 2.09. The van der Waals surface area contributed by atoms with Crippen LogP contribution in [0, 0.1) is 19.3 Å². The molecule has 0 bridgehead atoms. The first-order chi connectivity index (χ1) is 7.74. The van der Waals surface area contributed by atoms with Gasteiger partial charge in [-0.05, 0) is 32.4 Å². The van der Waals surface area contributed by atoms with Gasteiger partial charge in [0.05, 0.1) is 6.10 Å². The largest absolute Gasteiger partial charge is 0.393 e. The Morgan fingerprint density at radius 2 is 1.88 bits per heavy atom. The van der Waals surface area contributed by atoms with Crippen LogP contribution in [0.1, 0.15) is 31.9 Å². The van der Waals surface area contributed by atoms with Crippen molar-refractivity contribution in [1.82, 2.24) is 0 Å². The molecule has 0 saturated heterocycles. The standard InChI is InChI=1S/C15H25NO/c1-11-7-8-14(12(2)9-11)16(6)10-15(4,5)13(3)17/h7-9,13,17H,10H2,1-6H3. The van der Waals surface area contributed by atoms with Gasteiger partial charge in [0.2, 0.25) is 0 Å². The molecule has 0 saturated carbocycles. The van der Waals surface area contributed by atoms with E-state index in [0.717, 1.165) is 6.54 Å². The first-order valence-corrected chi connectivity index (χ1v) is 6.20. The number of nitrogens with zero attached hydrogens (tertiary/aromatic N) is 1. The highest BCUT2D eigenvalue weighted by Gasteiger charge is 2.26. The van der Waals surface area contributed by atoms with E-state index in [1.165, 1.54) is 16.8 Å². The van der Waals surface area contributed by atoms with Crippen LogP contribution < -0.4 is 4.90 Å². The molecule has 1 rings (SSSR count). The molecule has 1 aromatic rings. The summed E-state index contributed by atoms with van der Waals surface area (Å²) in [6, 6.07) is 6.48. The van der Waals surface area contributed by atoms with Crippen LogP contribution in [-0.4, -0.2) is 24.8 Å². The van der Waals surface area contributed by atoms with E-state index in [1.54, 1.807) is 0 Å². The maximum absolute atomic E-state index is 9.76. The van der Waals surface area contributed by atoms with Crippen LogP contribution in [0.3, 0.4) is 0 Å². The van der Waals surface area contributed by atoms with Crippen molar-refractivity contribution in [3.8, 4) is 0 Å². The molecule has 0 aliphatic rings.